The number of benzene rings is 2. The number of aromatic nitrogens is 4. The number of nitrogens with two attached hydrogens (primary N) is 2. The van der Waals surface area contributed by atoms with Crippen molar-refractivity contribution < 1.29 is 0 Å². The van der Waals surface area contributed by atoms with Crippen LogP contribution in [0.2, 0.25) is 0 Å². The molecule has 0 bridgehead atoms. The summed E-state index contributed by atoms with van der Waals surface area (Å²) in [5.41, 5.74) is 14.5. The van der Waals surface area contributed by atoms with Crippen LogP contribution in [0.3, 0.4) is 0 Å². The zero-order chi connectivity index (χ0) is 15.8. The van der Waals surface area contributed by atoms with Crippen LogP contribution in [0.4, 0.5) is 11.6 Å². The highest BCUT2D eigenvalue weighted by Crippen LogP contribution is 2.28. The monoisotopic (exact) mass is 302 g/mol. The third kappa shape index (κ3) is 2.17. The summed E-state index contributed by atoms with van der Waals surface area (Å²) in [6, 6.07) is 19.3. The number of anilines is 2. The van der Waals surface area contributed by atoms with Gasteiger partial charge in [-0.25, -0.2) is 14.6 Å². The molecule has 0 spiro atoms. The molecule has 0 fully saturated rings. The molecule has 0 saturated heterocycles. The molecule has 4 N–H and O–H groups in total. The fraction of sp³-hybridized carbons (Fsp3) is 0. The molecule has 2 heterocycles. The van der Waals surface area contributed by atoms with Gasteiger partial charge in [0.2, 0.25) is 0 Å². The normalized spacial score (nSPS) is 11.0. The maximum atomic E-state index is 6.20. The Hall–Kier alpha value is -3.41. The number of hydrogen-bond acceptors (Lipinski definition) is 5. The van der Waals surface area contributed by atoms with Gasteiger partial charge in [0, 0.05) is 5.56 Å². The Balaban J connectivity index is 1.94. The van der Waals surface area contributed by atoms with Crippen molar-refractivity contribution in [3.63, 3.8) is 0 Å². The van der Waals surface area contributed by atoms with Crippen LogP contribution in [0, 0.1) is 0 Å². The average Bonchev–Trinajstić information content (AvgIpc) is 2.94. The molecule has 6 heteroatoms. The summed E-state index contributed by atoms with van der Waals surface area (Å²) in [6.45, 7) is 0. The van der Waals surface area contributed by atoms with E-state index in [0.29, 0.717) is 28.5 Å². The molecule has 2 aromatic heterocycles. The largest absolute Gasteiger partial charge is 0.383 e. The van der Waals surface area contributed by atoms with Gasteiger partial charge in [0.15, 0.2) is 11.5 Å². The third-order valence-electron chi connectivity index (χ3n) is 3.63. The Labute approximate surface area is 132 Å². The molecular formula is C17H14N6. The highest BCUT2D eigenvalue weighted by Gasteiger charge is 2.16. The number of nitrogens with zero attached hydrogens (tertiary/aromatic N) is 4. The summed E-state index contributed by atoms with van der Waals surface area (Å²) in [6.07, 6.45) is 0. The summed E-state index contributed by atoms with van der Waals surface area (Å²) in [5, 5.41) is 5.07. The quantitative estimate of drug-likeness (QED) is 0.593. The second-order valence-electron chi connectivity index (χ2n) is 5.13. The summed E-state index contributed by atoms with van der Waals surface area (Å²) in [4.78, 5) is 8.88. The van der Waals surface area contributed by atoms with Gasteiger partial charge in [-0.1, -0.05) is 48.5 Å². The maximum Gasteiger partial charge on any atom is 0.189 e. The van der Waals surface area contributed by atoms with Crippen molar-refractivity contribution in [1.29, 1.82) is 0 Å². The predicted octanol–water partition coefficient (Wildman–Crippen LogP) is 2.65. The van der Waals surface area contributed by atoms with Crippen molar-refractivity contribution >= 4 is 22.7 Å². The SMILES string of the molecule is Nc1nc(-c2ccccc2)nc2nn(-c3ccccc3)c(N)c12. The maximum absolute atomic E-state index is 6.20. The van der Waals surface area contributed by atoms with Crippen LogP contribution in [0.25, 0.3) is 28.1 Å². The van der Waals surface area contributed by atoms with E-state index in [1.54, 1.807) is 4.68 Å². The van der Waals surface area contributed by atoms with Crippen molar-refractivity contribution in [1.82, 2.24) is 19.7 Å². The molecule has 4 rings (SSSR count). The fourth-order valence-electron chi connectivity index (χ4n) is 2.52. The molecule has 0 atom stereocenters. The molecule has 0 aliphatic heterocycles. The van der Waals surface area contributed by atoms with E-state index in [4.69, 9.17) is 11.5 Å². The van der Waals surface area contributed by atoms with Crippen molar-refractivity contribution in [3.8, 4) is 17.1 Å². The second-order valence-corrected chi connectivity index (χ2v) is 5.13. The van der Waals surface area contributed by atoms with Gasteiger partial charge >= 0.3 is 0 Å². The van der Waals surface area contributed by atoms with E-state index < -0.39 is 0 Å². The Morgan fingerprint density at radius 2 is 1.43 bits per heavy atom. The van der Waals surface area contributed by atoms with E-state index in [1.165, 1.54) is 0 Å². The van der Waals surface area contributed by atoms with Crippen LogP contribution >= 0.6 is 0 Å². The fourth-order valence-corrected chi connectivity index (χ4v) is 2.52. The van der Waals surface area contributed by atoms with E-state index in [-0.39, 0.29) is 0 Å². The van der Waals surface area contributed by atoms with Crippen LogP contribution in [-0.2, 0) is 0 Å². The molecule has 6 nitrogen and oxygen atoms in total. The van der Waals surface area contributed by atoms with Gasteiger partial charge in [-0.15, -0.1) is 5.10 Å². The summed E-state index contributed by atoms with van der Waals surface area (Å²) < 4.78 is 1.63. The lowest BCUT2D eigenvalue weighted by molar-refractivity contribution is 0.900. The van der Waals surface area contributed by atoms with E-state index in [1.807, 2.05) is 60.7 Å². The van der Waals surface area contributed by atoms with E-state index >= 15 is 0 Å². The number of hydrogen-bond donors (Lipinski definition) is 2. The third-order valence-corrected chi connectivity index (χ3v) is 3.63. The first-order valence-corrected chi connectivity index (χ1v) is 7.16. The molecule has 0 aliphatic carbocycles. The lowest BCUT2D eigenvalue weighted by atomic mass is 10.2. The van der Waals surface area contributed by atoms with Crippen LogP contribution in [0.15, 0.2) is 60.7 Å². The number of para-hydroxylation sites is 1. The van der Waals surface area contributed by atoms with Gasteiger partial charge in [-0.2, -0.15) is 0 Å². The minimum absolute atomic E-state index is 0.327. The predicted molar refractivity (Wildman–Crippen MR) is 90.9 cm³/mol. The van der Waals surface area contributed by atoms with Gasteiger partial charge in [0.05, 0.1) is 5.69 Å². The van der Waals surface area contributed by atoms with Gasteiger partial charge in [-0.3, -0.25) is 0 Å². The van der Waals surface area contributed by atoms with Crippen molar-refractivity contribution in [3.05, 3.63) is 60.7 Å². The van der Waals surface area contributed by atoms with Gasteiger partial charge in [0.1, 0.15) is 17.0 Å². The zero-order valence-electron chi connectivity index (χ0n) is 12.2. The highest BCUT2D eigenvalue weighted by molar-refractivity contribution is 5.96. The summed E-state index contributed by atoms with van der Waals surface area (Å²) in [5.74, 6) is 1.30. The lowest BCUT2D eigenvalue weighted by Gasteiger charge is -2.03. The second kappa shape index (κ2) is 5.10. The molecule has 0 amide bonds. The molecule has 112 valence electrons. The van der Waals surface area contributed by atoms with Crippen molar-refractivity contribution in [2.24, 2.45) is 0 Å². The zero-order valence-corrected chi connectivity index (χ0v) is 12.2. The molecule has 0 aliphatic rings. The first-order chi connectivity index (χ1) is 11.2. The first kappa shape index (κ1) is 13.3. The Morgan fingerprint density at radius 3 is 2.13 bits per heavy atom. The van der Waals surface area contributed by atoms with Crippen molar-refractivity contribution in [2.45, 2.75) is 0 Å². The molecule has 0 saturated carbocycles. The Morgan fingerprint density at radius 1 is 0.783 bits per heavy atom. The lowest BCUT2D eigenvalue weighted by Crippen LogP contribution is -2.01. The Bertz CT molecular complexity index is 976. The van der Waals surface area contributed by atoms with Gasteiger partial charge in [-0.05, 0) is 12.1 Å². The standard InChI is InChI=1S/C17H14N6/c18-14-13-15(19)23(12-9-5-2-6-10-12)22-17(13)21-16(20-14)11-7-3-1-4-8-11/h1-10H,19H2,(H2,18,20,21,22). The van der Waals surface area contributed by atoms with Crippen LogP contribution in [0.1, 0.15) is 0 Å². The minimum atomic E-state index is 0.327. The Kier molecular flexibility index (Phi) is 2.94. The summed E-state index contributed by atoms with van der Waals surface area (Å²) >= 11 is 0. The number of rotatable bonds is 2. The number of nitrogen functional groups attached to an aromatic ring is 2. The van der Waals surface area contributed by atoms with E-state index in [0.717, 1.165) is 11.3 Å². The molecular weight excluding hydrogens is 288 g/mol. The molecule has 23 heavy (non-hydrogen) atoms. The van der Waals surface area contributed by atoms with E-state index in [9.17, 15) is 0 Å². The first-order valence-electron chi connectivity index (χ1n) is 7.16. The van der Waals surface area contributed by atoms with E-state index in [2.05, 4.69) is 15.1 Å². The van der Waals surface area contributed by atoms with Gasteiger partial charge < -0.3 is 11.5 Å². The molecule has 2 aromatic carbocycles. The van der Waals surface area contributed by atoms with Crippen LogP contribution < -0.4 is 11.5 Å². The average molecular weight is 302 g/mol. The van der Waals surface area contributed by atoms with Gasteiger partial charge in [0.25, 0.3) is 0 Å². The van der Waals surface area contributed by atoms with Crippen molar-refractivity contribution in [2.75, 3.05) is 11.5 Å². The molecule has 4 aromatic rings. The smallest absolute Gasteiger partial charge is 0.189 e. The molecule has 0 radical (unpaired) electrons. The van der Waals surface area contributed by atoms with Crippen LogP contribution in [0.5, 0.6) is 0 Å². The topological polar surface area (TPSA) is 95.6 Å². The highest BCUT2D eigenvalue weighted by atomic mass is 15.3. The molecule has 0 unspecified atom stereocenters. The van der Waals surface area contributed by atoms with Crippen LogP contribution in [-0.4, -0.2) is 19.7 Å². The number of fused-ring (bicyclic) bond motifs is 1. The summed E-state index contributed by atoms with van der Waals surface area (Å²) in [7, 11) is 0. The minimum Gasteiger partial charge on any atom is -0.383 e.